The molecule has 0 unspecified atom stereocenters. The second-order valence-corrected chi connectivity index (χ2v) is 2.94. The van der Waals surface area contributed by atoms with Crippen molar-refractivity contribution in [1.29, 1.82) is 0 Å². The smallest absolute Gasteiger partial charge is 0.354 e. The molecule has 1 aromatic rings. The number of allylic oxidation sites excluding steroid dienone is 1. The van der Waals surface area contributed by atoms with Gasteiger partial charge in [0.2, 0.25) is 0 Å². The van der Waals surface area contributed by atoms with Gasteiger partial charge in [-0.05, 0) is 13.0 Å². The molecule has 0 radical (unpaired) electrons. The number of nitrogens with zero attached hydrogens (tertiary/aromatic N) is 1. The summed E-state index contributed by atoms with van der Waals surface area (Å²) in [6.07, 6.45) is 3.94. The summed E-state index contributed by atoms with van der Waals surface area (Å²) in [7, 11) is 0. The van der Waals surface area contributed by atoms with Gasteiger partial charge in [0.05, 0.1) is 6.61 Å². The van der Waals surface area contributed by atoms with E-state index in [4.69, 9.17) is 4.74 Å². The average molecular weight is 207 g/mol. The van der Waals surface area contributed by atoms with E-state index in [-0.39, 0.29) is 0 Å². The van der Waals surface area contributed by atoms with Crippen LogP contribution in [0.5, 0.6) is 0 Å². The van der Waals surface area contributed by atoms with Crippen molar-refractivity contribution in [1.82, 2.24) is 4.57 Å². The van der Waals surface area contributed by atoms with Crippen molar-refractivity contribution in [2.75, 3.05) is 6.61 Å². The van der Waals surface area contributed by atoms with Crippen LogP contribution in [0.2, 0.25) is 0 Å². The van der Waals surface area contributed by atoms with Gasteiger partial charge in [-0.15, -0.1) is 6.58 Å². The zero-order valence-corrected chi connectivity index (χ0v) is 8.60. The van der Waals surface area contributed by atoms with Crippen molar-refractivity contribution < 1.29 is 14.3 Å². The summed E-state index contributed by atoms with van der Waals surface area (Å²) in [6, 6.07) is 1.51. The molecule has 0 saturated carbocycles. The Morgan fingerprint density at radius 2 is 2.40 bits per heavy atom. The zero-order valence-electron chi connectivity index (χ0n) is 8.60. The van der Waals surface area contributed by atoms with Crippen LogP contribution < -0.4 is 0 Å². The maximum atomic E-state index is 11.5. The molecule has 0 aliphatic heterocycles. The Bertz CT molecular complexity index is 379. The third-order valence-corrected chi connectivity index (χ3v) is 1.86. The van der Waals surface area contributed by atoms with Crippen LogP contribution in [0.4, 0.5) is 0 Å². The van der Waals surface area contributed by atoms with Crippen LogP contribution in [0.3, 0.4) is 0 Å². The van der Waals surface area contributed by atoms with E-state index in [1.807, 2.05) is 0 Å². The van der Waals surface area contributed by atoms with Crippen molar-refractivity contribution in [2.24, 2.45) is 0 Å². The van der Waals surface area contributed by atoms with E-state index in [0.717, 1.165) is 0 Å². The van der Waals surface area contributed by atoms with Crippen molar-refractivity contribution in [3.63, 3.8) is 0 Å². The molecule has 0 N–H and O–H groups in total. The summed E-state index contributed by atoms with van der Waals surface area (Å²) < 4.78 is 6.50. The Balaban J connectivity index is 3.02. The molecule has 0 atom stereocenters. The number of rotatable bonds is 5. The minimum atomic E-state index is -0.424. The van der Waals surface area contributed by atoms with Crippen LogP contribution in [0.1, 0.15) is 27.8 Å². The molecular weight excluding hydrogens is 194 g/mol. The van der Waals surface area contributed by atoms with Crippen LogP contribution in [0.25, 0.3) is 0 Å². The van der Waals surface area contributed by atoms with Crippen molar-refractivity contribution in [3.8, 4) is 0 Å². The lowest BCUT2D eigenvalue weighted by Gasteiger charge is -2.04. The van der Waals surface area contributed by atoms with Crippen molar-refractivity contribution in [2.45, 2.75) is 13.5 Å². The summed E-state index contributed by atoms with van der Waals surface area (Å²) in [5.41, 5.74) is 0.832. The Morgan fingerprint density at radius 1 is 1.67 bits per heavy atom. The standard InChI is InChI=1S/C11H13NO3/c1-3-5-12-7-9(8-13)6-10(12)11(14)15-4-2/h3,6-8H,1,4-5H2,2H3. The molecule has 0 saturated heterocycles. The molecule has 0 aliphatic rings. The fourth-order valence-corrected chi connectivity index (χ4v) is 1.26. The Labute approximate surface area is 88.2 Å². The molecule has 0 bridgehead atoms. The molecule has 0 aromatic carbocycles. The minimum Gasteiger partial charge on any atom is -0.461 e. The molecule has 0 fully saturated rings. The van der Waals surface area contributed by atoms with E-state index in [1.165, 1.54) is 6.07 Å². The average Bonchev–Trinajstić information content (AvgIpc) is 2.62. The highest BCUT2D eigenvalue weighted by Gasteiger charge is 2.13. The predicted molar refractivity (Wildman–Crippen MR) is 56.0 cm³/mol. The third-order valence-electron chi connectivity index (χ3n) is 1.86. The number of hydrogen-bond acceptors (Lipinski definition) is 3. The molecule has 0 aliphatic carbocycles. The molecule has 4 heteroatoms. The molecule has 1 aromatic heterocycles. The topological polar surface area (TPSA) is 48.3 Å². The largest absolute Gasteiger partial charge is 0.461 e. The second kappa shape index (κ2) is 5.14. The summed E-state index contributed by atoms with van der Waals surface area (Å²) in [6.45, 7) is 6.10. The van der Waals surface area contributed by atoms with Crippen LogP contribution >= 0.6 is 0 Å². The molecule has 0 amide bonds. The van der Waals surface area contributed by atoms with Gasteiger partial charge in [0, 0.05) is 18.3 Å². The van der Waals surface area contributed by atoms with E-state index < -0.39 is 5.97 Å². The van der Waals surface area contributed by atoms with E-state index in [0.29, 0.717) is 30.7 Å². The lowest BCUT2D eigenvalue weighted by atomic mass is 10.3. The van der Waals surface area contributed by atoms with Gasteiger partial charge in [0.25, 0.3) is 0 Å². The number of ether oxygens (including phenoxy) is 1. The van der Waals surface area contributed by atoms with Crippen LogP contribution in [-0.2, 0) is 11.3 Å². The van der Waals surface area contributed by atoms with Gasteiger partial charge in [-0.1, -0.05) is 6.08 Å². The first kappa shape index (κ1) is 11.2. The van der Waals surface area contributed by atoms with Gasteiger partial charge in [0.15, 0.2) is 6.29 Å². The molecule has 80 valence electrons. The predicted octanol–water partition coefficient (Wildman–Crippen LogP) is 1.66. The van der Waals surface area contributed by atoms with Crippen LogP contribution in [0, 0.1) is 0 Å². The summed E-state index contributed by atoms with van der Waals surface area (Å²) in [4.78, 5) is 22.0. The van der Waals surface area contributed by atoms with E-state index >= 15 is 0 Å². The zero-order chi connectivity index (χ0) is 11.3. The van der Waals surface area contributed by atoms with Crippen molar-refractivity contribution in [3.05, 3.63) is 36.2 Å². The quantitative estimate of drug-likeness (QED) is 0.419. The number of carbonyl (C=O) groups is 2. The number of aldehydes is 1. The number of esters is 1. The number of aromatic nitrogens is 1. The fraction of sp³-hybridized carbons (Fsp3) is 0.273. The lowest BCUT2D eigenvalue weighted by Crippen LogP contribution is -2.10. The van der Waals surface area contributed by atoms with E-state index in [1.54, 1.807) is 23.8 Å². The van der Waals surface area contributed by atoms with Gasteiger partial charge >= 0.3 is 5.97 Å². The Hall–Kier alpha value is -1.84. The van der Waals surface area contributed by atoms with Crippen molar-refractivity contribution >= 4 is 12.3 Å². The molecule has 1 heterocycles. The molecule has 15 heavy (non-hydrogen) atoms. The Kier molecular flexibility index (Phi) is 3.85. The fourth-order valence-electron chi connectivity index (χ4n) is 1.26. The molecule has 4 nitrogen and oxygen atoms in total. The van der Waals surface area contributed by atoms with Gasteiger partial charge in [-0.3, -0.25) is 4.79 Å². The van der Waals surface area contributed by atoms with Gasteiger partial charge in [0.1, 0.15) is 5.69 Å². The highest BCUT2D eigenvalue weighted by molar-refractivity contribution is 5.90. The Morgan fingerprint density at radius 3 is 2.93 bits per heavy atom. The first-order chi connectivity index (χ1) is 7.22. The summed E-state index contributed by atoms with van der Waals surface area (Å²) in [5.74, 6) is -0.424. The highest BCUT2D eigenvalue weighted by Crippen LogP contribution is 2.09. The van der Waals surface area contributed by atoms with Crippen LogP contribution in [-0.4, -0.2) is 23.4 Å². The maximum absolute atomic E-state index is 11.5. The highest BCUT2D eigenvalue weighted by atomic mass is 16.5. The normalized spacial score (nSPS) is 9.67. The van der Waals surface area contributed by atoms with Gasteiger partial charge in [-0.2, -0.15) is 0 Å². The minimum absolute atomic E-state index is 0.314. The monoisotopic (exact) mass is 207 g/mol. The van der Waals surface area contributed by atoms with E-state index in [2.05, 4.69) is 6.58 Å². The number of carbonyl (C=O) groups excluding carboxylic acids is 2. The van der Waals surface area contributed by atoms with E-state index in [9.17, 15) is 9.59 Å². The summed E-state index contributed by atoms with van der Waals surface area (Å²) in [5, 5.41) is 0. The SMILES string of the molecule is C=CCn1cc(C=O)cc1C(=O)OCC. The molecule has 1 rings (SSSR count). The summed E-state index contributed by atoms with van der Waals surface area (Å²) >= 11 is 0. The first-order valence-corrected chi connectivity index (χ1v) is 4.66. The second-order valence-electron chi connectivity index (χ2n) is 2.94. The molecule has 0 spiro atoms. The maximum Gasteiger partial charge on any atom is 0.354 e. The van der Waals surface area contributed by atoms with Crippen LogP contribution in [0.15, 0.2) is 24.9 Å². The van der Waals surface area contributed by atoms with Gasteiger partial charge in [-0.25, -0.2) is 4.79 Å². The third kappa shape index (κ3) is 2.56. The number of hydrogen-bond donors (Lipinski definition) is 0. The first-order valence-electron chi connectivity index (χ1n) is 4.66. The lowest BCUT2D eigenvalue weighted by molar-refractivity contribution is 0.0514. The van der Waals surface area contributed by atoms with Gasteiger partial charge < -0.3 is 9.30 Å². The molecular formula is C11H13NO3.